The summed E-state index contributed by atoms with van der Waals surface area (Å²) in [5, 5.41) is 2.26. The highest BCUT2D eigenvalue weighted by molar-refractivity contribution is 7.09. The molecule has 4 rings (SSSR count). The Bertz CT molecular complexity index is 735. The largest absolute Gasteiger partial charge is 0.306 e. The normalized spacial score (nSPS) is 23.3. The van der Waals surface area contributed by atoms with Gasteiger partial charge in [-0.1, -0.05) is 6.08 Å². The Balaban J connectivity index is 0.000000807. The maximum atomic E-state index is 13.7. The van der Waals surface area contributed by atoms with Crippen LogP contribution in [0.2, 0.25) is 0 Å². The van der Waals surface area contributed by atoms with Crippen LogP contribution in [0.15, 0.2) is 23.6 Å². The van der Waals surface area contributed by atoms with Crippen LogP contribution in [0.3, 0.4) is 0 Å². The number of aromatic nitrogens is 1. The van der Waals surface area contributed by atoms with Crippen molar-refractivity contribution in [3.63, 3.8) is 0 Å². The fourth-order valence-electron chi connectivity index (χ4n) is 3.11. The molecular weight excluding hydrogens is 330 g/mol. The van der Waals surface area contributed by atoms with E-state index >= 15 is 0 Å². The fourth-order valence-corrected chi connectivity index (χ4v) is 4.27. The lowest BCUT2D eigenvalue weighted by Crippen LogP contribution is -2.20. The maximum absolute atomic E-state index is 13.7. The molecule has 1 aliphatic heterocycles. The van der Waals surface area contributed by atoms with E-state index in [0.29, 0.717) is 5.92 Å². The quantitative estimate of drug-likeness (QED) is 0.776. The molecule has 21 heavy (non-hydrogen) atoms. The van der Waals surface area contributed by atoms with Crippen LogP contribution < -0.4 is 9.88 Å². The number of likely N-dealkylation sites (N-methyl/N-ethyl adjacent to an activating group) is 1. The summed E-state index contributed by atoms with van der Waals surface area (Å²) in [6, 6.07) is 0. The lowest BCUT2D eigenvalue weighted by molar-refractivity contribution is 0.411. The van der Waals surface area contributed by atoms with Crippen molar-refractivity contribution >= 4 is 47.8 Å². The van der Waals surface area contributed by atoms with Gasteiger partial charge in [0.2, 0.25) is 0 Å². The predicted octanol–water partition coefficient (Wildman–Crippen LogP) is 2.53. The number of hydrogen-bond donors (Lipinski definition) is 0. The van der Waals surface area contributed by atoms with Gasteiger partial charge in [-0.25, -0.2) is 9.37 Å². The van der Waals surface area contributed by atoms with Gasteiger partial charge in [0.25, 0.3) is 0 Å². The smallest absolute Gasteiger partial charge is 0.130 e. The van der Waals surface area contributed by atoms with E-state index in [-0.39, 0.29) is 30.6 Å². The molecule has 6 heteroatoms. The summed E-state index contributed by atoms with van der Waals surface area (Å²) in [7, 11) is 2.16. The molecule has 2 nitrogen and oxygen atoms in total. The minimum Gasteiger partial charge on any atom is -0.306 e. The van der Waals surface area contributed by atoms with Crippen molar-refractivity contribution in [1.29, 1.82) is 0 Å². The Morgan fingerprint density at radius 3 is 2.90 bits per heavy atom. The zero-order chi connectivity index (χ0) is 13.0. The summed E-state index contributed by atoms with van der Waals surface area (Å²) in [6.45, 7) is 2.25. The first kappa shape index (κ1) is 16.7. The average molecular weight is 347 g/mol. The predicted molar refractivity (Wildman–Crippen MR) is 90.5 cm³/mol. The summed E-state index contributed by atoms with van der Waals surface area (Å²) < 4.78 is 14.9. The van der Waals surface area contributed by atoms with Crippen LogP contribution in [0.4, 0.5) is 4.39 Å². The molecule has 1 saturated heterocycles. The van der Waals surface area contributed by atoms with E-state index in [1.54, 1.807) is 17.4 Å². The number of hydrogen-bond acceptors (Lipinski definition) is 3. The Morgan fingerprint density at radius 2 is 2.19 bits per heavy atom. The number of fused-ring (bicyclic) bond motifs is 2. The molecule has 0 radical (unpaired) electrons. The summed E-state index contributed by atoms with van der Waals surface area (Å²) in [5.41, 5.74) is 1.83. The van der Waals surface area contributed by atoms with Crippen molar-refractivity contribution in [3.05, 3.63) is 38.4 Å². The van der Waals surface area contributed by atoms with Gasteiger partial charge in [0.15, 0.2) is 0 Å². The highest BCUT2D eigenvalue weighted by Gasteiger charge is 2.26. The van der Waals surface area contributed by atoms with Gasteiger partial charge in [0.1, 0.15) is 5.83 Å². The molecule has 0 saturated carbocycles. The molecule has 114 valence electrons. The second-order valence-corrected chi connectivity index (χ2v) is 6.57. The lowest BCUT2D eigenvalue weighted by atomic mass is 10.0. The van der Waals surface area contributed by atoms with Gasteiger partial charge in [0.05, 0.1) is 14.9 Å². The third-order valence-electron chi connectivity index (χ3n) is 4.14. The van der Waals surface area contributed by atoms with Crippen molar-refractivity contribution in [3.8, 4) is 0 Å². The van der Waals surface area contributed by atoms with Crippen molar-refractivity contribution in [2.45, 2.75) is 18.8 Å². The van der Waals surface area contributed by atoms with Crippen LogP contribution in [-0.4, -0.2) is 30.0 Å². The first-order valence-corrected chi connectivity index (χ1v) is 7.51. The van der Waals surface area contributed by atoms with Gasteiger partial charge >= 0.3 is 0 Å². The van der Waals surface area contributed by atoms with Crippen LogP contribution >= 0.6 is 36.2 Å². The van der Waals surface area contributed by atoms with E-state index < -0.39 is 0 Å². The van der Waals surface area contributed by atoms with Crippen LogP contribution in [-0.2, 0) is 0 Å². The third-order valence-corrected chi connectivity index (χ3v) is 5.31. The SMILES string of the molecule is CN1CCC(c2nc3c(s2)=CC2=C(F)C=CCC=32)C1.Cl.Cl. The Labute approximate surface area is 139 Å². The van der Waals surface area contributed by atoms with Gasteiger partial charge in [0, 0.05) is 18.0 Å². The first-order valence-electron chi connectivity index (χ1n) is 6.69. The molecule has 1 unspecified atom stereocenters. The summed E-state index contributed by atoms with van der Waals surface area (Å²) >= 11 is 1.75. The molecule has 2 heterocycles. The molecule has 1 atom stereocenters. The van der Waals surface area contributed by atoms with Crippen molar-refractivity contribution in [1.82, 2.24) is 9.88 Å². The third kappa shape index (κ3) is 2.70. The van der Waals surface area contributed by atoms with Crippen LogP contribution in [0.1, 0.15) is 23.8 Å². The number of likely N-dealkylation sites (tertiary alicyclic amines) is 1. The lowest BCUT2D eigenvalue weighted by Gasteiger charge is -2.08. The molecule has 0 aromatic carbocycles. The van der Waals surface area contributed by atoms with E-state index in [9.17, 15) is 4.39 Å². The Kier molecular flexibility index (Phi) is 4.93. The summed E-state index contributed by atoms with van der Waals surface area (Å²) in [6.07, 6.45) is 7.43. The number of halogens is 3. The number of thiazole rings is 1. The van der Waals surface area contributed by atoms with Gasteiger partial charge < -0.3 is 4.90 Å². The number of rotatable bonds is 1. The topological polar surface area (TPSA) is 16.1 Å². The highest BCUT2D eigenvalue weighted by Crippen LogP contribution is 2.31. The minimum absolute atomic E-state index is 0. The first-order chi connectivity index (χ1) is 9.22. The molecule has 0 bridgehead atoms. The van der Waals surface area contributed by atoms with Crippen LogP contribution in [0, 0.1) is 0 Å². The van der Waals surface area contributed by atoms with Crippen molar-refractivity contribution in [2.75, 3.05) is 20.1 Å². The molecule has 1 aromatic rings. The molecule has 0 spiro atoms. The second kappa shape index (κ2) is 6.21. The molecule has 0 amide bonds. The molecular formula is C15H17Cl2FN2S. The standard InChI is InChI=1S/C15H15FN2S.2ClH/c1-18-6-5-9(8-18)15-17-14-10-3-2-4-12(16)11(10)7-13(14)19-15;;/h2,4,7,9H,3,5-6,8H2,1H3;2*1H. The highest BCUT2D eigenvalue weighted by atomic mass is 35.5. The number of allylic oxidation sites excluding steroid dienone is 4. The van der Waals surface area contributed by atoms with Gasteiger partial charge in [-0.15, -0.1) is 36.2 Å². The van der Waals surface area contributed by atoms with Crippen molar-refractivity contribution in [2.24, 2.45) is 0 Å². The average Bonchev–Trinajstić information content (AvgIpc) is 3.03. The maximum Gasteiger partial charge on any atom is 0.130 e. The zero-order valence-corrected chi connectivity index (χ0v) is 14.1. The number of nitrogens with zero attached hydrogens (tertiary/aromatic N) is 2. The minimum atomic E-state index is -0.117. The van der Waals surface area contributed by atoms with Gasteiger partial charge in [-0.3, -0.25) is 0 Å². The molecule has 1 fully saturated rings. The molecule has 0 N–H and O–H groups in total. The van der Waals surface area contributed by atoms with E-state index in [1.807, 2.05) is 12.2 Å². The second-order valence-electron chi connectivity index (χ2n) is 5.50. The van der Waals surface area contributed by atoms with E-state index in [2.05, 4.69) is 11.9 Å². The summed E-state index contributed by atoms with van der Waals surface area (Å²) in [5.74, 6) is 0.444. The molecule has 2 aliphatic carbocycles. The fraction of sp³-hybridized carbons (Fsp3) is 0.400. The zero-order valence-electron chi connectivity index (χ0n) is 11.6. The molecule has 1 aromatic heterocycles. The van der Waals surface area contributed by atoms with Crippen molar-refractivity contribution < 1.29 is 4.39 Å². The summed E-state index contributed by atoms with van der Waals surface area (Å²) in [4.78, 5) is 7.16. The Hall–Kier alpha value is -0.680. The van der Waals surface area contributed by atoms with Crippen LogP contribution in [0.5, 0.6) is 0 Å². The van der Waals surface area contributed by atoms with E-state index in [0.717, 1.165) is 40.5 Å². The monoisotopic (exact) mass is 346 g/mol. The Morgan fingerprint density at radius 1 is 1.38 bits per heavy atom. The van der Waals surface area contributed by atoms with Crippen LogP contribution in [0.25, 0.3) is 11.6 Å². The van der Waals surface area contributed by atoms with Gasteiger partial charge in [-0.05, 0) is 44.2 Å². The van der Waals surface area contributed by atoms with E-state index in [4.69, 9.17) is 4.98 Å². The van der Waals surface area contributed by atoms with E-state index in [1.165, 1.54) is 11.4 Å². The molecule has 3 aliphatic rings. The van der Waals surface area contributed by atoms with Gasteiger partial charge in [-0.2, -0.15) is 0 Å².